The van der Waals surface area contributed by atoms with Crippen molar-refractivity contribution >= 4 is 11.9 Å². The zero-order valence-corrected chi connectivity index (χ0v) is 11.8. The third-order valence-corrected chi connectivity index (χ3v) is 3.46. The van der Waals surface area contributed by atoms with Crippen LogP contribution in [0.1, 0.15) is 36.9 Å². The van der Waals surface area contributed by atoms with Crippen LogP contribution in [0, 0.1) is 0 Å². The lowest BCUT2D eigenvalue weighted by molar-refractivity contribution is -0.137. The third kappa shape index (κ3) is 4.40. The highest BCUT2D eigenvalue weighted by Crippen LogP contribution is 2.16. The molecular weight excluding hydrogens is 274 g/mol. The Balaban J connectivity index is 1.91. The molecule has 1 heterocycles. The monoisotopic (exact) mass is 293 g/mol. The molecule has 1 aliphatic rings. The molecule has 2 rings (SSSR count). The summed E-state index contributed by atoms with van der Waals surface area (Å²) in [5.41, 5.74) is 1.63. The molecule has 7 heteroatoms. The number of amides is 1. The van der Waals surface area contributed by atoms with E-state index in [9.17, 15) is 14.4 Å². The van der Waals surface area contributed by atoms with E-state index in [-0.39, 0.29) is 31.0 Å². The molecule has 0 fully saturated rings. The predicted molar refractivity (Wildman–Crippen MR) is 75.0 cm³/mol. The van der Waals surface area contributed by atoms with Crippen molar-refractivity contribution < 1.29 is 14.7 Å². The number of fused-ring (bicyclic) bond motifs is 1. The Bertz CT molecular complexity index is 594. The molecule has 0 spiro atoms. The van der Waals surface area contributed by atoms with E-state index >= 15 is 0 Å². The Morgan fingerprint density at radius 1 is 1.33 bits per heavy atom. The summed E-state index contributed by atoms with van der Waals surface area (Å²) in [6.07, 6.45) is 4.22. The van der Waals surface area contributed by atoms with Gasteiger partial charge in [-0.2, -0.15) is 5.10 Å². The first-order chi connectivity index (χ1) is 10.1. The molecule has 1 aliphatic carbocycles. The van der Waals surface area contributed by atoms with Gasteiger partial charge in [0.05, 0.1) is 5.69 Å². The summed E-state index contributed by atoms with van der Waals surface area (Å²) in [6.45, 7) is 0.157. The van der Waals surface area contributed by atoms with Gasteiger partial charge in [-0.05, 0) is 37.7 Å². The van der Waals surface area contributed by atoms with Crippen molar-refractivity contribution in [1.29, 1.82) is 0 Å². The molecule has 0 saturated carbocycles. The SMILES string of the molecule is O=C(O)CCCNC(=O)Cn1nc2c(cc1=O)CCCC2. The van der Waals surface area contributed by atoms with Crippen molar-refractivity contribution in [3.05, 3.63) is 27.7 Å². The molecule has 7 nitrogen and oxygen atoms in total. The fraction of sp³-hybridized carbons (Fsp3) is 0.571. The lowest BCUT2D eigenvalue weighted by Crippen LogP contribution is -2.35. The summed E-state index contributed by atoms with van der Waals surface area (Å²) in [5.74, 6) is -1.22. The van der Waals surface area contributed by atoms with Gasteiger partial charge >= 0.3 is 5.97 Å². The van der Waals surface area contributed by atoms with Crippen LogP contribution in [0.25, 0.3) is 0 Å². The van der Waals surface area contributed by atoms with Gasteiger partial charge in [0, 0.05) is 19.0 Å². The lowest BCUT2D eigenvalue weighted by atomic mass is 9.97. The molecule has 1 aromatic heterocycles. The second-order valence-electron chi connectivity index (χ2n) is 5.17. The molecule has 21 heavy (non-hydrogen) atoms. The fourth-order valence-electron chi connectivity index (χ4n) is 2.37. The number of carbonyl (C=O) groups is 2. The van der Waals surface area contributed by atoms with Crippen molar-refractivity contribution in [2.75, 3.05) is 6.54 Å². The number of nitrogens with one attached hydrogen (secondary N) is 1. The second kappa shape index (κ2) is 7.01. The molecule has 2 N–H and O–H groups in total. The van der Waals surface area contributed by atoms with Crippen molar-refractivity contribution in [3.8, 4) is 0 Å². The van der Waals surface area contributed by atoms with E-state index in [4.69, 9.17) is 5.11 Å². The van der Waals surface area contributed by atoms with Gasteiger partial charge < -0.3 is 10.4 Å². The summed E-state index contributed by atoms with van der Waals surface area (Å²) < 4.78 is 1.18. The summed E-state index contributed by atoms with van der Waals surface area (Å²) in [7, 11) is 0. The first-order valence-corrected chi connectivity index (χ1v) is 7.14. The van der Waals surface area contributed by atoms with E-state index in [1.807, 2.05) is 0 Å². The largest absolute Gasteiger partial charge is 0.481 e. The van der Waals surface area contributed by atoms with Crippen LogP contribution in [-0.4, -0.2) is 33.3 Å². The Morgan fingerprint density at radius 3 is 2.86 bits per heavy atom. The Kier molecular flexibility index (Phi) is 5.08. The van der Waals surface area contributed by atoms with E-state index in [1.54, 1.807) is 6.07 Å². The second-order valence-corrected chi connectivity index (χ2v) is 5.17. The van der Waals surface area contributed by atoms with Crippen LogP contribution in [0.3, 0.4) is 0 Å². The summed E-state index contributed by atoms with van der Waals surface area (Å²) >= 11 is 0. The van der Waals surface area contributed by atoms with Crippen LogP contribution >= 0.6 is 0 Å². The standard InChI is InChI=1S/C14H19N3O4/c18-12(15-7-3-6-14(20)21)9-17-13(19)8-10-4-1-2-5-11(10)16-17/h8H,1-7,9H2,(H,15,18)(H,20,21). The average Bonchev–Trinajstić information content (AvgIpc) is 2.44. The Morgan fingerprint density at radius 2 is 2.10 bits per heavy atom. The molecule has 0 aromatic carbocycles. The molecule has 0 saturated heterocycles. The summed E-state index contributed by atoms with van der Waals surface area (Å²) in [4.78, 5) is 34.0. The molecule has 0 aliphatic heterocycles. The Labute approximate surface area is 122 Å². The maximum absolute atomic E-state index is 11.9. The minimum absolute atomic E-state index is 0.0112. The van der Waals surface area contributed by atoms with Crippen molar-refractivity contribution in [2.45, 2.75) is 45.1 Å². The van der Waals surface area contributed by atoms with Crippen molar-refractivity contribution in [3.63, 3.8) is 0 Å². The van der Waals surface area contributed by atoms with Gasteiger partial charge in [-0.3, -0.25) is 14.4 Å². The highest BCUT2D eigenvalue weighted by Gasteiger charge is 2.14. The number of carbonyl (C=O) groups excluding carboxylic acids is 1. The minimum Gasteiger partial charge on any atom is -0.481 e. The van der Waals surface area contributed by atoms with Crippen molar-refractivity contribution in [1.82, 2.24) is 15.1 Å². The summed E-state index contributed by atoms with van der Waals surface area (Å²) in [6, 6.07) is 1.57. The predicted octanol–water partition coefficient (Wildman–Crippen LogP) is 0.103. The molecule has 114 valence electrons. The molecule has 0 atom stereocenters. The molecule has 0 radical (unpaired) electrons. The van der Waals surface area contributed by atoms with E-state index in [2.05, 4.69) is 10.4 Å². The van der Waals surface area contributed by atoms with Gasteiger partial charge in [0.25, 0.3) is 5.56 Å². The minimum atomic E-state index is -0.892. The van der Waals surface area contributed by atoms with Gasteiger partial charge in [-0.15, -0.1) is 0 Å². The van der Waals surface area contributed by atoms with Crippen LogP contribution < -0.4 is 10.9 Å². The molecule has 1 amide bonds. The van der Waals surface area contributed by atoms with Crippen molar-refractivity contribution in [2.24, 2.45) is 0 Å². The first-order valence-electron chi connectivity index (χ1n) is 7.14. The number of nitrogens with zero attached hydrogens (tertiary/aromatic N) is 2. The number of hydrogen-bond donors (Lipinski definition) is 2. The molecule has 0 bridgehead atoms. The maximum atomic E-state index is 11.9. The average molecular weight is 293 g/mol. The quantitative estimate of drug-likeness (QED) is 0.725. The summed E-state index contributed by atoms with van der Waals surface area (Å²) in [5, 5.41) is 15.3. The molecule has 0 unspecified atom stereocenters. The van der Waals surface area contributed by atoms with Crippen LogP contribution in [0.2, 0.25) is 0 Å². The lowest BCUT2D eigenvalue weighted by Gasteiger charge is -2.15. The van der Waals surface area contributed by atoms with Gasteiger partial charge in [-0.1, -0.05) is 0 Å². The van der Waals surface area contributed by atoms with E-state index in [0.29, 0.717) is 6.42 Å². The maximum Gasteiger partial charge on any atom is 0.303 e. The number of rotatable bonds is 6. The Hall–Kier alpha value is -2.18. The van der Waals surface area contributed by atoms with Gasteiger partial charge in [-0.25, -0.2) is 4.68 Å². The normalized spacial score (nSPS) is 13.5. The number of carboxylic acids is 1. The number of carboxylic acid groups (broad SMARTS) is 1. The highest BCUT2D eigenvalue weighted by atomic mass is 16.4. The smallest absolute Gasteiger partial charge is 0.303 e. The van der Waals surface area contributed by atoms with Crippen LogP contribution in [0.5, 0.6) is 0 Å². The number of hydrogen-bond acceptors (Lipinski definition) is 4. The zero-order chi connectivity index (χ0) is 15.2. The number of aliphatic carboxylic acids is 1. The zero-order valence-electron chi connectivity index (χ0n) is 11.8. The van der Waals surface area contributed by atoms with E-state index < -0.39 is 5.97 Å². The topological polar surface area (TPSA) is 101 Å². The van der Waals surface area contributed by atoms with Gasteiger partial charge in [0.2, 0.25) is 5.91 Å². The fourth-order valence-corrected chi connectivity index (χ4v) is 2.37. The molecular formula is C14H19N3O4. The van der Waals surface area contributed by atoms with Crippen LogP contribution in [-0.2, 0) is 29.0 Å². The number of aromatic nitrogens is 2. The van der Waals surface area contributed by atoms with E-state index in [1.165, 1.54) is 4.68 Å². The van der Waals surface area contributed by atoms with Crippen LogP contribution in [0.4, 0.5) is 0 Å². The van der Waals surface area contributed by atoms with E-state index in [0.717, 1.165) is 36.9 Å². The third-order valence-electron chi connectivity index (χ3n) is 3.46. The van der Waals surface area contributed by atoms with Gasteiger partial charge in [0.1, 0.15) is 6.54 Å². The highest BCUT2D eigenvalue weighted by molar-refractivity contribution is 5.75. The molecule has 1 aromatic rings. The number of aryl methyl sites for hydroxylation is 2. The first kappa shape index (κ1) is 15.2. The van der Waals surface area contributed by atoms with Crippen LogP contribution in [0.15, 0.2) is 10.9 Å². The van der Waals surface area contributed by atoms with Gasteiger partial charge in [0.15, 0.2) is 0 Å².